The summed E-state index contributed by atoms with van der Waals surface area (Å²) in [5, 5.41) is 2.59. The van der Waals surface area contributed by atoms with Gasteiger partial charge in [-0.1, -0.05) is 30.3 Å². The topological polar surface area (TPSA) is 72.5 Å². The Morgan fingerprint density at radius 3 is 2.42 bits per heavy atom. The van der Waals surface area contributed by atoms with Crippen molar-refractivity contribution in [1.29, 1.82) is 0 Å². The van der Waals surface area contributed by atoms with E-state index in [0.29, 0.717) is 16.7 Å². The van der Waals surface area contributed by atoms with E-state index in [1.165, 1.54) is 6.92 Å². The number of ether oxygens (including phenoxy) is 1. The second-order valence-corrected chi connectivity index (χ2v) is 5.79. The second kappa shape index (κ2) is 6.28. The van der Waals surface area contributed by atoms with Crippen molar-refractivity contribution in [2.45, 2.75) is 20.0 Å². The SMILES string of the molecule is CC(=O)NC[C@@H](C)OC(=O)c1ccc2c(c1)C(=O)c1ccccc1-2. The van der Waals surface area contributed by atoms with Gasteiger partial charge in [0.15, 0.2) is 5.78 Å². The molecule has 2 aromatic rings. The second-order valence-electron chi connectivity index (χ2n) is 5.79. The van der Waals surface area contributed by atoms with Crippen LogP contribution >= 0.6 is 0 Å². The van der Waals surface area contributed by atoms with Gasteiger partial charge in [0.05, 0.1) is 12.1 Å². The van der Waals surface area contributed by atoms with Crippen LogP contribution in [-0.4, -0.2) is 30.3 Å². The molecular formula is C19H17NO4. The molecule has 0 bridgehead atoms. The predicted octanol–water partition coefficient (Wildman–Crippen LogP) is 2.58. The van der Waals surface area contributed by atoms with Crippen molar-refractivity contribution >= 4 is 17.7 Å². The molecule has 0 saturated heterocycles. The molecule has 1 amide bonds. The lowest BCUT2D eigenvalue weighted by atomic mass is 10.0. The first-order valence-corrected chi connectivity index (χ1v) is 7.71. The lowest BCUT2D eigenvalue weighted by Gasteiger charge is -2.13. The Hall–Kier alpha value is -2.95. The first-order chi connectivity index (χ1) is 11.5. The molecule has 0 spiro atoms. The van der Waals surface area contributed by atoms with Gasteiger partial charge in [-0.15, -0.1) is 0 Å². The summed E-state index contributed by atoms with van der Waals surface area (Å²) in [6.45, 7) is 3.34. The van der Waals surface area contributed by atoms with E-state index in [2.05, 4.69) is 5.32 Å². The van der Waals surface area contributed by atoms with Crippen molar-refractivity contribution in [1.82, 2.24) is 5.32 Å². The highest BCUT2D eigenvalue weighted by Crippen LogP contribution is 2.36. The summed E-state index contributed by atoms with van der Waals surface area (Å²) in [6.07, 6.45) is -0.456. The maximum absolute atomic E-state index is 12.5. The molecule has 0 heterocycles. The Labute approximate surface area is 139 Å². The third-order valence-electron chi connectivity index (χ3n) is 3.91. The smallest absolute Gasteiger partial charge is 0.338 e. The molecule has 1 aliphatic rings. The summed E-state index contributed by atoms with van der Waals surface area (Å²) in [5.74, 6) is -0.778. The van der Waals surface area contributed by atoms with Crippen molar-refractivity contribution in [2.75, 3.05) is 6.54 Å². The van der Waals surface area contributed by atoms with E-state index in [9.17, 15) is 14.4 Å². The number of ketones is 1. The average molecular weight is 323 g/mol. The van der Waals surface area contributed by atoms with Gasteiger partial charge in [0.1, 0.15) is 6.10 Å². The van der Waals surface area contributed by atoms with Crippen molar-refractivity contribution in [3.8, 4) is 11.1 Å². The van der Waals surface area contributed by atoms with E-state index in [-0.39, 0.29) is 18.2 Å². The number of hydrogen-bond acceptors (Lipinski definition) is 4. The van der Waals surface area contributed by atoms with Crippen LogP contribution in [0.1, 0.15) is 40.1 Å². The van der Waals surface area contributed by atoms with Crippen LogP contribution in [0.2, 0.25) is 0 Å². The predicted molar refractivity (Wildman–Crippen MR) is 88.9 cm³/mol. The molecule has 0 unspecified atom stereocenters. The zero-order valence-corrected chi connectivity index (χ0v) is 13.5. The molecule has 5 nitrogen and oxygen atoms in total. The Kier molecular flexibility index (Phi) is 4.16. The lowest BCUT2D eigenvalue weighted by molar-refractivity contribution is -0.119. The third kappa shape index (κ3) is 2.93. The van der Waals surface area contributed by atoms with Crippen LogP contribution in [0.3, 0.4) is 0 Å². The van der Waals surface area contributed by atoms with Gasteiger partial charge < -0.3 is 10.1 Å². The van der Waals surface area contributed by atoms with Crippen LogP contribution < -0.4 is 5.32 Å². The maximum atomic E-state index is 12.5. The number of nitrogens with one attached hydrogen (secondary N) is 1. The number of carbonyl (C=O) groups excluding carboxylic acids is 3. The molecule has 24 heavy (non-hydrogen) atoms. The van der Waals surface area contributed by atoms with E-state index in [0.717, 1.165) is 11.1 Å². The lowest BCUT2D eigenvalue weighted by Crippen LogP contribution is -2.31. The fourth-order valence-corrected chi connectivity index (χ4v) is 2.73. The van der Waals surface area contributed by atoms with Gasteiger partial charge in [-0.05, 0) is 30.2 Å². The molecule has 0 aliphatic heterocycles. The summed E-state index contributed by atoms with van der Waals surface area (Å²) in [6, 6.07) is 12.4. The molecule has 0 radical (unpaired) electrons. The summed E-state index contributed by atoms with van der Waals surface area (Å²) in [5.41, 5.74) is 3.21. The first kappa shape index (κ1) is 15.9. The van der Waals surface area contributed by atoms with Crippen molar-refractivity contribution in [3.05, 3.63) is 59.2 Å². The number of rotatable bonds is 4. The summed E-state index contributed by atoms with van der Waals surface area (Å²) >= 11 is 0. The third-order valence-corrected chi connectivity index (χ3v) is 3.91. The van der Waals surface area contributed by atoms with E-state index in [1.807, 2.05) is 18.2 Å². The van der Waals surface area contributed by atoms with Gasteiger partial charge in [-0.3, -0.25) is 9.59 Å². The highest BCUT2D eigenvalue weighted by Gasteiger charge is 2.27. The number of benzene rings is 2. The quantitative estimate of drug-likeness (QED) is 0.749. The van der Waals surface area contributed by atoms with Gasteiger partial charge in [-0.25, -0.2) is 4.79 Å². The normalized spacial score (nSPS) is 13.0. The summed E-state index contributed by atoms with van der Waals surface area (Å²) in [4.78, 5) is 35.6. The molecule has 3 rings (SSSR count). The van der Waals surface area contributed by atoms with E-state index < -0.39 is 12.1 Å². The Morgan fingerprint density at radius 2 is 1.71 bits per heavy atom. The summed E-state index contributed by atoms with van der Waals surface area (Å²) < 4.78 is 5.29. The zero-order valence-electron chi connectivity index (χ0n) is 13.5. The van der Waals surface area contributed by atoms with Gasteiger partial charge in [0, 0.05) is 18.1 Å². The zero-order chi connectivity index (χ0) is 17.3. The number of hydrogen-bond donors (Lipinski definition) is 1. The maximum Gasteiger partial charge on any atom is 0.338 e. The van der Waals surface area contributed by atoms with E-state index >= 15 is 0 Å². The van der Waals surface area contributed by atoms with Gasteiger partial charge in [0.25, 0.3) is 0 Å². The van der Waals surface area contributed by atoms with Crippen molar-refractivity contribution in [2.24, 2.45) is 0 Å². The van der Waals surface area contributed by atoms with Crippen LogP contribution in [0.4, 0.5) is 0 Å². The molecular weight excluding hydrogens is 306 g/mol. The van der Waals surface area contributed by atoms with Crippen molar-refractivity contribution in [3.63, 3.8) is 0 Å². The number of amides is 1. The minimum absolute atomic E-state index is 0.0819. The molecule has 1 N–H and O–H groups in total. The number of esters is 1. The minimum Gasteiger partial charge on any atom is -0.457 e. The van der Waals surface area contributed by atoms with Crippen LogP contribution in [0, 0.1) is 0 Å². The van der Waals surface area contributed by atoms with Gasteiger partial charge in [-0.2, -0.15) is 0 Å². The van der Waals surface area contributed by atoms with E-state index in [1.54, 1.807) is 31.2 Å². The van der Waals surface area contributed by atoms with Gasteiger partial charge >= 0.3 is 5.97 Å². The van der Waals surface area contributed by atoms with Crippen LogP contribution in [0.15, 0.2) is 42.5 Å². The Balaban J connectivity index is 1.79. The highest BCUT2D eigenvalue weighted by molar-refractivity contribution is 6.22. The van der Waals surface area contributed by atoms with Crippen LogP contribution in [0.5, 0.6) is 0 Å². The van der Waals surface area contributed by atoms with E-state index in [4.69, 9.17) is 4.74 Å². The monoisotopic (exact) mass is 323 g/mol. The summed E-state index contributed by atoms with van der Waals surface area (Å²) in [7, 11) is 0. The molecule has 0 saturated carbocycles. The minimum atomic E-state index is -0.514. The Morgan fingerprint density at radius 1 is 1.04 bits per heavy atom. The standard InChI is InChI=1S/C19H17NO4/c1-11(10-20-12(2)21)24-19(23)13-7-8-15-14-5-3-4-6-16(14)18(22)17(15)9-13/h3-9,11H,10H2,1-2H3,(H,20,21)/t11-/m1/s1. The molecule has 0 fully saturated rings. The molecule has 122 valence electrons. The van der Waals surface area contributed by atoms with Crippen molar-refractivity contribution < 1.29 is 19.1 Å². The highest BCUT2D eigenvalue weighted by atomic mass is 16.5. The fourth-order valence-electron chi connectivity index (χ4n) is 2.73. The molecule has 5 heteroatoms. The molecule has 0 aromatic heterocycles. The first-order valence-electron chi connectivity index (χ1n) is 7.71. The van der Waals surface area contributed by atoms with Crippen LogP contribution in [-0.2, 0) is 9.53 Å². The molecule has 2 aromatic carbocycles. The average Bonchev–Trinajstić information content (AvgIpc) is 2.86. The number of fused-ring (bicyclic) bond motifs is 3. The molecule has 1 atom stereocenters. The van der Waals surface area contributed by atoms with Crippen LogP contribution in [0.25, 0.3) is 11.1 Å². The number of carbonyl (C=O) groups is 3. The fraction of sp³-hybridized carbons (Fsp3) is 0.211. The molecule has 1 aliphatic carbocycles. The largest absolute Gasteiger partial charge is 0.457 e. The van der Waals surface area contributed by atoms with Gasteiger partial charge in [0.2, 0.25) is 5.91 Å². The Bertz CT molecular complexity index is 841.